The first kappa shape index (κ1) is 16.2. The Hall–Kier alpha value is -2.63. The first-order valence-corrected chi connectivity index (χ1v) is 8.17. The van der Waals surface area contributed by atoms with Crippen molar-refractivity contribution in [2.24, 2.45) is 11.0 Å². The van der Waals surface area contributed by atoms with Gasteiger partial charge in [0, 0.05) is 10.3 Å². The Morgan fingerprint density at radius 1 is 1.42 bits per heavy atom. The number of anilines is 1. The third-order valence-electron chi connectivity index (χ3n) is 4.37. The van der Waals surface area contributed by atoms with Crippen LogP contribution in [0.25, 0.3) is 21.3 Å². The minimum Gasteiger partial charge on any atom is -0.324 e. The number of fused-ring (bicyclic) bond motifs is 1. The molecule has 1 saturated heterocycles. The lowest BCUT2D eigenvalue weighted by Gasteiger charge is -2.24. The smallest absolute Gasteiger partial charge is 0.233 e. The number of hydrogen-bond acceptors (Lipinski definition) is 4. The molecule has 1 atom stereocenters. The lowest BCUT2D eigenvalue weighted by atomic mass is 9.91. The van der Waals surface area contributed by atoms with Crippen LogP contribution in [0.2, 0.25) is 0 Å². The van der Waals surface area contributed by atoms with E-state index in [1.165, 1.54) is 0 Å². The van der Waals surface area contributed by atoms with Crippen molar-refractivity contribution in [3.63, 3.8) is 0 Å². The van der Waals surface area contributed by atoms with Crippen molar-refractivity contribution in [3.05, 3.63) is 47.0 Å². The van der Waals surface area contributed by atoms with E-state index in [0.29, 0.717) is 18.0 Å². The van der Waals surface area contributed by atoms with E-state index in [9.17, 15) is 4.79 Å². The molecule has 0 unspecified atom stereocenters. The molecule has 24 heavy (non-hydrogen) atoms. The van der Waals surface area contributed by atoms with Crippen molar-refractivity contribution in [1.29, 1.82) is 0 Å². The molecule has 3 rings (SSSR count). The monoisotopic (exact) mass is 324 g/mol. The Balaban J connectivity index is 1.70. The number of aromatic nitrogens is 1. The van der Waals surface area contributed by atoms with Crippen LogP contribution in [0.4, 0.5) is 5.69 Å². The van der Waals surface area contributed by atoms with Crippen molar-refractivity contribution in [2.45, 2.75) is 25.3 Å². The number of azide groups is 1. The number of carbonyl (C=O) groups excluding carboxylic acids is 1. The highest BCUT2D eigenvalue weighted by molar-refractivity contribution is 5.96. The third kappa shape index (κ3) is 4.01. The van der Waals surface area contributed by atoms with E-state index in [1.807, 2.05) is 30.3 Å². The number of rotatable bonds is 5. The zero-order valence-corrected chi connectivity index (χ0v) is 13.4. The minimum absolute atomic E-state index is 0.275. The Labute approximate surface area is 140 Å². The second kappa shape index (κ2) is 7.77. The van der Waals surface area contributed by atoms with Crippen LogP contribution in [0.3, 0.4) is 0 Å². The van der Waals surface area contributed by atoms with Gasteiger partial charge in [0.15, 0.2) is 0 Å². The maximum atomic E-state index is 12.5. The normalized spacial score (nSPS) is 16.3. The topological polar surface area (TPSA) is 103 Å². The van der Waals surface area contributed by atoms with Crippen molar-refractivity contribution in [2.75, 3.05) is 18.4 Å². The number of hydrogen-bond donors (Lipinski definition) is 2. The molecular weight excluding hydrogens is 304 g/mol. The Morgan fingerprint density at radius 2 is 2.21 bits per heavy atom. The molecule has 0 saturated carbocycles. The van der Waals surface area contributed by atoms with Gasteiger partial charge in [-0.05, 0) is 55.9 Å². The SMILES string of the molecule is [N-]=[N+]=N[C@@H](CC1CCNCC1)C(=O)Nc1cnc2ccccc2c1. The summed E-state index contributed by atoms with van der Waals surface area (Å²) in [4.78, 5) is 19.7. The first-order valence-electron chi connectivity index (χ1n) is 8.17. The standard InChI is InChI=1S/C17H20N6O/c18-23-22-16(9-12-5-7-19-8-6-12)17(24)21-14-10-13-3-1-2-4-15(13)20-11-14/h1-4,10-12,16,19H,5-9H2,(H,21,24)/t16-/m0/s1. The zero-order chi connectivity index (χ0) is 16.8. The summed E-state index contributed by atoms with van der Waals surface area (Å²) < 4.78 is 0. The molecule has 2 aromatic rings. The number of carbonyl (C=O) groups is 1. The molecule has 7 heteroatoms. The third-order valence-corrected chi connectivity index (χ3v) is 4.37. The average Bonchev–Trinajstić information content (AvgIpc) is 2.62. The van der Waals surface area contributed by atoms with Gasteiger partial charge in [-0.15, -0.1) is 0 Å². The van der Waals surface area contributed by atoms with Gasteiger partial charge in [-0.1, -0.05) is 23.3 Å². The maximum Gasteiger partial charge on any atom is 0.233 e. The van der Waals surface area contributed by atoms with E-state index < -0.39 is 6.04 Å². The van der Waals surface area contributed by atoms with Crippen LogP contribution in [-0.2, 0) is 4.79 Å². The summed E-state index contributed by atoms with van der Waals surface area (Å²) in [5.74, 6) is 0.130. The van der Waals surface area contributed by atoms with Gasteiger partial charge in [-0.2, -0.15) is 0 Å². The molecule has 1 aromatic heterocycles. The Kier molecular flexibility index (Phi) is 5.25. The summed E-state index contributed by atoms with van der Waals surface area (Å²) in [5, 5.41) is 10.8. The predicted octanol–water partition coefficient (Wildman–Crippen LogP) is 3.24. The average molecular weight is 324 g/mol. The number of piperidine rings is 1. The largest absolute Gasteiger partial charge is 0.324 e. The van der Waals surface area contributed by atoms with Gasteiger partial charge in [0.05, 0.1) is 17.4 Å². The molecule has 124 valence electrons. The fourth-order valence-electron chi connectivity index (χ4n) is 3.07. The molecular formula is C17H20N6O. The molecule has 0 spiro atoms. The van der Waals surface area contributed by atoms with Crippen molar-refractivity contribution >= 4 is 22.5 Å². The molecule has 0 radical (unpaired) electrons. The van der Waals surface area contributed by atoms with Crippen molar-refractivity contribution in [3.8, 4) is 0 Å². The Bertz CT molecular complexity index is 765. The highest BCUT2D eigenvalue weighted by atomic mass is 16.2. The second-order valence-electron chi connectivity index (χ2n) is 6.06. The van der Waals surface area contributed by atoms with Crippen LogP contribution in [-0.4, -0.2) is 30.0 Å². The van der Waals surface area contributed by atoms with E-state index in [4.69, 9.17) is 5.53 Å². The number of nitrogens with one attached hydrogen (secondary N) is 2. The summed E-state index contributed by atoms with van der Waals surface area (Å²) >= 11 is 0. The van der Waals surface area contributed by atoms with Gasteiger partial charge in [0.1, 0.15) is 6.04 Å². The van der Waals surface area contributed by atoms with E-state index in [2.05, 4.69) is 25.6 Å². The molecule has 1 aromatic carbocycles. The van der Waals surface area contributed by atoms with E-state index >= 15 is 0 Å². The number of para-hydroxylation sites is 1. The molecule has 1 aliphatic heterocycles. The van der Waals surface area contributed by atoms with E-state index in [-0.39, 0.29) is 5.91 Å². The predicted molar refractivity (Wildman–Crippen MR) is 93.5 cm³/mol. The molecule has 1 fully saturated rings. The van der Waals surface area contributed by atoms with Crippen LogP contribution < -0.4 is 10.6 Å². The van der Waals surface area contributed by atoms with Gasteiger partial charge in [0.25, 0.3) is 0 Å². The minimum atomic E-state index is -0.690. The summed E-state index contributed by atoms with van der Waals surface area (Å²) in [5.41, 5.74) is 10.3. The molecule has 0 bridgehead atoms. The lowest BCUT2D eigenvalue weighted by Crippen LogP contribution is -2.33. The van der Waals surface area contributed by atoms with Gasteiger partial charge >= 0.3 is 0 Å². The van der Waals surface area contributed by atoms with Crippen molar-refractivity contribution in [1.82, 2.24) is 10.3 Å². The highest BCUT2D eigenvalue weighted by Gasteiger charge is 2.23. The number of nitrogens with zero attached hydrogens (tertiary/aromatic N) is 4. The summed E-state index contributed by atoms with van der Waals surface area (Å²) in [7, 11) is 0. The van der Waals surface area contributed by atoms with E-state index in [1.54, 1.807) is 6.20 Å². The van der Waals surface area contributed by atoms with Gasteiger partial charge in [-0.25, -0.2) is 0 Å². The fraction of sp³-hybridized carbons (Fsp3) is 0.412. The summed E-state index contributed by atoms with van der Waals surface area (Å²) in [6.45, 7) is 1.90. The molecule has 0 aliphatic carbocycles. The number of benzene rings is 1. The second-order valence-corrected chi connectivity index (χ2v) is 6.06. The molecule has 2 heterocycles. The molecule has 1 amide bonds. The number of pyridine rings is 1. The van der Waals surface area contributed by atoms with Crippen molar-refractivity contribution < 1.29 is 4.79 Å². The van der Waals surface area contributed by atoms with Crippen LogP contribution in [0, 0.1) is 5.92 Å². The highest BCUT2D eigenvalue weighted by Crippen LogP contribution is 2.21. The zero-order valence-electron chi connectivity index (χ0n) is 13.4. The van der Waals surface area contributed by atoms with Gasteiger partial charge in [0.2, 0.25) is 5.91 Å². The van der Waals surface area contributed by atoms with E-state index in [0.717, 1.165) is 36.8 Å². The van der Waals surface area contributed by atoms with Crippen LogP contribution in [0.1, 0.15) is 19.3 Å². The van der Waals surface area contributed by atoms with Gasteiger partial charge in [-0.3, -0.25) is 9.78 Å². The molecule has 1 aliphatic rings. The van der Waals surface area contributed by atoms with Crippen LogP contribution in [0.15, 0.2) is 41.6 Å². The maximum absolute atomic E-state index is 12.5. The fourth-order valence-corrected chi connectivity index (χ4v) is 3.07. The Morgan fingerprint density at radius 3 is 3.00 bits per heavy atom. The van der Waals surface area contributed by atoms with Crippen LogP contribution >= 0.6 is 0 Å². The molecule has 7 nitrogen and oxygen atoms in total. The summed E-state index contributed by atoms with van der Waals surface area (Å²) in [6, 6.07) is 8.89. The van der Waals surface area contributed by atoms with Crippen LogP contribution in [0.5, 0.6) is 0 Å². The first-order chi connectivity index (χ1) is 11.8. The molecule has 2 N–H and O–H groups in total. The lowest BCUT2D eigenvalue weighted by molar-refractivity contribution is -0.117. The quantitative estimate of drug-likeness (QED) is 0.501. The summed E-state index contributed by atoms with van der Waals surface area (Å²) in [6.07, 6.45) is 4.21. The van der Waals surface area contributed by atoms with Gasteiger partial charge < -0.3 is 10.6 Å². The number of amides is 1.